The van der Waals surface area contributed by atoms with Crippen LogP contribution in [0.15, 0.2) is 23.2 Å². The molecular weight excluding hydrogens is 172 g/mol. The third kappa shape index (κ3) is 1.47. The minimum Gasteiger partial charge on any atom is -0.490 e. The molecular formula is C9H10O4. The molecule has 0 atom stereocenters. The number of allylic oxidation sites excluding steroid dienone is 2. The number of rotatable bonds is 2. The average molecular weight is 185 g/mol. The van der Waals surface area contributed by atoms with Gasteiger partial charge in [0.1, 0.15) is 0 Å². The summed E-state index contributed by atoms with van der Waals surface area (Å²) in [4.78, 5) is 23.1. The molecule has 0 radical (unpaired) electrons. The molecule has 1 rings (SSSR count). The van der Waals surface area contributed by atoms with E-state index in [1.165, 1.54) is 14.2 Å². The second-order valence-electron chi connectivity index (χ2n) is 2.32. The van der Waals surface area contributed by atoms with Gasteiger partial charge in [0.2, 0.25) is 23.1 Å². The molecule has 0 N–H and O–H groups in total. The topological polar surface area (TPSA) is 52.6 Å². The zero-order chi connectivity index (χ0) is 12.5. The largest absolute Gasteiger partial charge is 0.490 e. The van der Waals surface area contributed by atoms with E-state index in [1.54, 1.807) is 0 Å². The summed E-state index contributed by atoms with van der Waals surface area (Å²) in [5.74, 6) is -2.19. The molecule has 0 aromatic heterocycles. The van der Waals surface area contributed by atoms with Crippen LogP contribution in [0.1, 0.15) is 11.0 Å². The third-order valence-electron chi connectivity index (χ3n) is 1.56. The highest BCUT2D eigenvalue weighted by Crippen LogP contribution is 2.19. The molecule has 70 valence electrons. The summed E-state index contributed by atoms with van der Waals surface area (Å²) in [5, 5.41) is 0. The molecule has 0 aliphatic heterocycles. The molecule has 4 heteroatoms. The molecule has 0 spiro atoms. The lowest BCUT2D eigenvalue weighted by atomic mass is 10.0. The van der Waals surface area contributed by atoms with Gasteiger partial charge in [-0.3, -0.25) is 9.59 Å². The van der Waals surface area contributed by atoms with Gasteiger partial charge in [0.15, 0.2) is 0 Å². The van der Waals surface area contributed by atoms with Crippen LogP contribution in [0.4, 0.5) is 0 Å². The Morgan fingerprint density at radius 1 is 1.23 bits per heavy atom. The van der Waals surface area contributed by atoms with Crippen molar-refractivity contribution in [3.05, 3.63) is 23.2 Å². The van der Waals surface area contributed by atoms with Crippen molar-refractivity contribution in [1.82, 2.24) is 0 Å². The van der Waals surface area contributed by atoms with Crippen LogP contribution < -0.4 is 0 Å². The molecule has 4 nitrogen and oxygen atoms in total. The lowest BCUT2D eigenvalue weighted by Crippen LogP contribution is -2.20. The molecule has 0 aromatic rings. The first-order chi connectivity index (χ1) is 7.32. The molecule has 0 amide bonds. The second kappa shape index (κ2) is 3.43. The highest BCUT2D eigenvalue weighted by Gasteiger charge is 2.28. The van der Waals surface area contributed by atoms with Crippen LogP contribution in [0.3, 0.4) is 0 Å². The highest BCUT2D eigenvalue weighted by molar-refractivity contribution is 6.20. The Morgan fingerprint density at radius 3 is 2.31 bits per heavy atom. The number of hydrogen-bond acceptors (Lipinski definition) is 4. The Morgan fingerprint density at radius 2 is 1.85 bits per heavy atom. The van der Waals surface area contributed by atoms with Gasteiger partial charge in [-0.25, -0.2) is 0 Å². The Kier molecular flexibility index (Phi) is 1.57. The molecule has 1 aliphatic rings. The van der Waals surface area contributed by atoms with E-state index in [-0.39, 0.29) is 11.5 Å². The lowest BCUT2D eigenvalue weighted by Gasteiger charge is -2.14. The van der Waals surface area contributed by atoms with Crippen LogP contribution in [-0.2, 0) is 19.1 Å². The van der Waals surface area contributed by atoms with Gasteiger partial charge in [-0.1, -0.05) is 0 Å². The van der Waals surface area contributed by atoms with Crippen molar-refractivity contribution in [2.24, 2.45) is 0 Å². The Hall–Kier alpha value is -1.58. The van der Waals surface area contributed by atoms with Gasteiger partial charge < -0.3 is 9.47 Å². The van der Waals surface area contributed by atoms with Crippen molar-refractivity contribution in [2.75, 3.05) is 14.2 Å². The number of Topliss-reactive ketones (excluding diaryl/α,β-unsaturated/α-hetero) is 1. The molecule has 0 bridgehead atoms. The zero-order valence-electron chi connectivity index (χ0n) is 10.2. The molecule has 13 heavy (non-hydrogen) atoms. The van der Waals surface area contributed by atoms with E-state index < -0.39 is 24.0 Å². The number of ketones is 2. The van der Waals surface area contributed by atoms with Crippen molar-refractivity contribution < 1.29 is 23.2 Å². The van der Waals surface area contributed by atoms with Crippen LogP contribution in [-0.4, -0.2) is 25.8 Å². The molecule has 0 unspecified atom stereocenters. The lowest BCUT2D eigenvalue weighted by molar-refractivity contribution is -0.120. The van der Waals surface area contributed by atoms with Crippen LogP contribution >= 0.6 is 0 Å². The van der Waals surface area contributed by atoms with Gasteiger partial charge in [0, 0.05) is 9.69 Å². The normalized spacial score (nSPS) is 21.7. The number of hydrogen-bond donors (Lipinski definition) is 0. The van der Waals surface area contributed by atoms with Crippen molar-refractivity contribution in [3.63, 3.8) is 0 Å². The predicted molar refractivity (Wildman–Crippen MR) is 44.8 cm³/mol. The van der Waals surface area contributed by atoms with Crippen molar-refractivity contribution in [2.45, 2.75) is 6.85 Å². The number of carbonyl (C=O) groups excluding carboxylic acids is 2. The van der Waals surface area contributed by atoms with E-state index in [1.807, 2.05) is 0 Å². The summed E-state index contributed by atoms with van der Waals surface area (Å²) in [6, 6.07) is 0. The highest BCUT2D eigenvalue weighted by atomic mass is 16.5. The average Bonchev–Trinajstić information content (AvgIpc) is 2.18. The maximum atomic E-state index is 11.7. The van der Waals surface area contributed by atoms with Gasteiger partial charge in [-0.15, -0.1) is 0 Å². The van der Waals surface area contributed by atoms with Crippen molar-refractivity contribution >= 4 is 11.6 Å². The fraction of sp³-hybridized carbons (Fsp3) is 0.333. The molecule has 0 heterocycles. The van der Waals surface area contributed by atoms with E-state index in [9.17, 15) is 9.59 Å². The minimum atomic E-state index is -2.64. The minimum absolute atomic E-state index is 0.277. The SMILES string of the molecule is [2H]C([2H])([2H])C1=CC(=O)C(OC)=C(OC)C1=O. The predicted octanol–water partition coefficient (Wildman–Crippen LogP) is 0.589. The van der Waals surface area contributed by atoms with Crippen molar-refractivity contribution in [1.29, 1.82) is 0 Å². The first kappa shape index (κ1) is 5.96. The first-order valence-electron chi connectivity index (χ1n) is 4.96. The Balaban J connectivity index is 3.27. The number of ether oxygens (including phenoxy) is 2. The van der Waals surface area contributed by atoms with E-state index in [0.29, 0.717) is 0 Å². The van der Waals surface area contributed by atoms with Gasteiger partial charge in [-0.2, -0.15) is 0 Å². The number of carbonyl (C=O) groups is 2. The fourth-order valence-corrected chi connectivity index (χ4v) is 0.978. The third-order valence-corrected chi connectivity index (χ3v) is 1.56. The summed E-state index contributed by atoms with van der Waals surface area (Å²) in [7, 11) is 2.37. The van der Waals surface area contributed by atoms with Crippen molar-refractivity contribution in [3.8, 4) is 0 Å². The van der Waals surface area contributed by atoms with Crippen LogP contribution in [0.25, 0.3) is 0 Å². The summed E-state index contributed by atoms with van der Waals surface area (Å²) in [6.45, 7) is -2.64. The van der Waals surface area contributed by atoms with E-state index in [2.05, 4.69) is 0 Å². The smallest absolute Gasteiger partial charge is 0.227 e. The molecule has 0 saturated heterocycles. The standard InChI is InChI=1S/C9H10O4/c1-5-4-6(10)8(12-2)9(13-3)7(5)11/h4H,1-3H3/i1D3. The Labute approximate surface area is 80.0 Å². The second-order valence-corrected chi connectivity index (χ2v) is 2.32. The summed E-state index contributed by atoms with van der Waals surface area (Å²) in [5.41, 5.74) is -0.560. The zero-order valence-corrected chi connectivity index (χ0v) is 7.21. The molecule has 0 saturated carbocycles. The van der Waals surface area contributed by atoms with Gasteiger partial charge in [0.25, 0.3) is 0 Å². The monoisotopic (exact) mass is 185 g/mol. The summed E-state index contributed by atoms with van der Waals surface area (Å²) >= 11 is 0. The van der Waals surface area contributed by atoms with E-state index in [0.717, 1.165) is 6.08 Å². The van der Waals surface area contributed by atoms with Gasteiger partial charge >= 0.3 is 0 Å². The van der Waals surface area contributed by atoms with E-state index >= 15 is 0 Å². The maximum Gasteiger partial charge on any atom is 0.227 e. The van der Waals surface area contributed by atoms with E-state index in [4.69, 9.17) is 13.6 Å². The first-order valence-corrected chi connectivity index (χ1v) is 3.46. The molecule has 0 fully saturated rings. The number of methoxy groups -OCH3 is 2. The fourth-order valence-electron chi connectivity index (χ4n) is 0.978. The molecule has 1 aliphatic carbocycles. The van der Waals surface area contributed by atoms with Crippen LogP contribution in [0.5, 0.6) is 0 Å². The summed E-state index contributed by atoms with van der Waals surface area (Å²) in [6.07, 6.45) is 0.761. The Bertz CT molecular complexity index is 403. The molecule has 0 aromatic carbocycles. The van der Waals surface area contributed by atoms with Gasteiger partial charge in [-0.05, 0) is 12.9 Å². The van der Waals surface area contributed by atoms with Gasteiger partial charge in [0.05, 0.1) is 14.2 Å². The summed E-state index contributed by atoms with van der Waals surface area (Å²) < 4.78 is 30.7. The van der Waals surface area contributed by atoms with Crippen LogP contribution in [0, 0.1) is 0 Å². The maximum absolute atomic E-state index is 11.7. The van der Waals surface area contributed by atoms with Crippen LogP contribution in [0.2, 0.25) is 0 Å². The quantitative estimate of drug-likeness (QED) is 0.591.